The lowest BCUT2D eigenvalue weighted by atomic mass is 10.0. The van der Waals surface area contributed by atoms with Gasteiger partial charge in [-0.05, 0) is 30.2 Å². The Bertz CT molecular complexity index is 273. The first-order chi connectivity index (χ1) is 5.65. The van der Waals surface area contributed by atoms with Crippen LogP contribution < -0.4 is 5.73 Å². The summed E-state index contributed by atoms with van der Waals surface area (Å²) in [6, 6.07) is 5.24. The highest BCUT2D eigenvalue weighted by Crippen LogP contribution is 2.20. The predicted octanol–water partition coefficient (Wildman–Crippen LogP) is 1.85. The van der Waals surface area contributed by atoms with E-state index in [1.165, 1.54) is 0 Å². The molecule has 0 spiro atoms. The van der Waals surface area contributed by atoms with Gasteiger partial charge in [-0.2, -0.15) is 0 Å². The van der Waals surface area contributed by atoms with Crippen LogP contribution in [0.5, 0.6) is 0 Å². The van der Waals surface area contributed by atoms with Gasteiger partial charge in [0, 0.05) is 11.1 Å². The van der Waals surface area contributed by atoms with Gasteiger partial charge in [0.2, 0.25) is 0 Å². The minimum absolute atomic E-state index is 0.00798. The van der Waals surface area contributed by atoms with Crippen LogP contribution in [0.3, 0.4) is 0 Å². The van der Waals surface area contributed by atoms with Crippen LogP contribution in [0.15, 0.2) is 18.2 Å². The van der Waals surface area contributed by atoms with Gasteiger partial charge in [-0.3, -0.25) is 0 Å². The molecule has 0 aliphatic carbocycles. The topological polar surface area (TPSA) is 46.2 Å². The summed E-state index contributed by atoms with van der Waals surface area (Å²) in [7, 11) is 0. The second kappa shape index (κ2) is 3.90. The molecule has 1 aromatic carbocycles. The van der Waals surface area contributed by atoms with Crippen LogP contribution in [0.4, 0.5) is 0 Å². The Kier molecular flexibility index (Phi) is 3.09. The molecular formula is C9H12ClNO. The lowest BCUT2D eigenvalue weighted by molar-refractivity contribution is 0.280. The van der Waals surface area contributed by atoms with Crippen LogP contribution in [0.25, 0.3) is 0 Å². The molecule has 12 heavy (non-hydrogen) atoms. The van der Waals surface area contributed by atoms with Gasteiger partial charge in [-0.15, -0.1) is 0 Å². The normalized spacial score (nSPS) is 13.0. The highest BCUT2D eigenvalue weighted by atomic mass is 35.5. The van der Waals surface area contributed by atoms with Gasteiger partial charge in [-0.25, -0.2) is 0 Å². The molecule has 0 radical (unpaired) electrons. The lowest BCUT2D eigenvalue weighted by Crippen LogP contribution is -2.08. The van der Waals surface area contributed by atoms with Crippen molar-refractivity contribution in [1.82, 2.24) is 0 Å². The number of rotatable bonds is 2. The number of aliphatic hydroxyl groups excluding tert-OH is 1. The summed E-state index contributed by atoms with van der Waals surface area (Å²) in [4.78, 5) is 0. The molecule has 0 aliphatic rings. The Labute approximate surface area is 77.0 Å². The fourth-order valence-electron chi connectivity index (χ4n) is 1.13. The van der Waals surface area contributed by atoms with E-state index in [-0.39, 0.29) is 12.6 Å². The van der Waals surface area contributed by atoms with Gasteiger partial charge < -0.3 is 10.8 Å². The average molecular weight is 186 g/mol. The summed E-state index contributed by atoms with van der Waals surface area (Å²) in [5, 5.41) is 9.61. The Morgan fingerprint density at radius 2 is 2.25 bits per heavy atom. The third kappa shape index (κ3) is 1.97. The molecule has 0 fully saturated rings. The van der Waals surface area contributed by atoms with Crippen molar-refractivity contribution in [2.75, 3.05) is 0 Å². The minimum atomic E-state index is -0.0918. The standard InChI is InChI=1S/C9H12ClNO/c1-6(11)9-4-8(10)3-2-7(9)5-12/h2-4,6,12H,5,11H2,1H3/t6-/m1/s1. The maximum absolute atomic E-state index is 8.96. The highest BCUT2D eigenvalue weighted by molar-refractivity contribution is 6.30. The minimum Gasteiger partial charge on any atom is -0.392 e. The van der Waals surface area contributed by atoms with Crippen LogP contribution in [0.2, 0.25) is 5.02 Å². The van der Waals surface area contributed by atoms with Crippen LogP contribution >= 0.6 is 11.6 Å². The van der Waals surface area contributed by atoms with Crippen molar-refractivity contribution >= 4 is 11.6 Å². The molecule has 66 valence electrons. The third-order valence-corrected chi connectivity index (χ3v) is 2.00. The van der Waals surface area contributed by atoms with E-state index >= 15 is 0 Å². The Morgan fingerprint density at radius 1 is 1.58 bits per heavy atom. The quantitative estimate of drug-likeness (QED) is 0.739. The number of hydrogen-bond acceptors (Lipinski definition) is 2. The largest absolute Gasteiger partial charge is 0.392 e. The number of hydrogen-bond donors (Lipinski definition) is 2. The average Bonchev–Trinajstić information content (AvgIpc) is 2.04. The molecule has 1 rings (SSSR count). The first-order valence-electron chi connectivity index (χ1n) is 3.80. The molecule has 0 heterocycles. The van der Waals surface area contributed by atoms with Crippen LogP contribution in [-0.2, 0) is 6.61 Å². The van der Waals surface area contributed by atoms with Gasteiger partial charge in [-0.1, -0.05) is 17.7 Å². The summed E-state index contributed by atoms with van der Waals surface area (Å²) in [5.74, 6) is 0. The van der Waals surface area contributed by atoms with Crippen molar-refractivity contribution in [3.05, 3.63) is 34.3 Å². The summed E-state index contributed by atoms with van der Waals surface area (Å²) >= 11 is 5.78. The zero-order chi connectivity index (χ0) is 9.14. The van der Waals surface area contributed by atoms with Crippen molar-refractivity contribution in [3.8, 4) is 0 Å². The van der Waals surface area contributed by atoms with Crippen molar-refractivity contribution in [2.24, 2.45) is 5.73 Å². The summed E-state index contributed by atoms with van der Waals surface area (Å²) in [6.45, 7) is 1.87. The van der Waals surface area contributed by atoms with Crippen molar-refractivity contribution in [1.29, 1.82) is 0 Å². The molecule has 0 aromatic heterocycles. The van der Waals surface area contributed by atoms with Crippen molar-refractivity contribution in [2.45, 2.75) is 19.6 Å². The zero-order valence-electron chi connectivity index (χ0n) is 6.92. The van der Waals surface area contributed by atoms with Gasteiger partial charge in [0.05, 0.1) is 6.61 Å². The Balaban J connectivity index is 3.12. The fourth-order valence-corrected chi connectivity index (χ4v) is 1.31. The monoisotopic (exact) mass is 185 g/mol. The molecule has 0 amide bonds. The second-order valence-corrected chi connectivity index (χ2v) is 3.23. The van der Waals surface area contributed by atoms with E-state index in [1.807, 2.05) is 6.92 Å². The summed E-state index contributed by atoms with van der Waals surface area (Å²) in [5.41, 5.74) is 7.44. The number of aliphatic hydroxyl groups is 1. The van der Waals surface area contributed by atoms with E-state index in [0.29, 0.717) is 5.02 Å². The zero-order valence-corrected chi connectivity index (χ0v) is 7.67. The number of halogens is 1. The van der Waals surface area contributed by atoms with Gasteiger partial charge in [0.15, 0.2) is 0 Å². The van der Waals surface area contributed by atoms with E-state index in [4.69, 9.17) is 22.4 Å². The van der Waals surface area contributed by atoms with Crippen molar-refractivity contribution in [3.63, 3.8) is 0 Å². The molecule has 0 bridgehead atoms. The smallest absolute Gasteiger partial charge is 0.0685 e. The molecule has 0 unspecified atom stereocenters. The van der Waals surface area contributed by atoms with Crippen molar-refractivity contribution < 1.29 is 5.11 Å². The fraction of sp³-hybridized carbons (Fsp3) is 0.333. The number of nitrogens with two attached hydrogens (primary N) is 1. The van der Waals surface area contributed by atoms with Gasteiger partial charge in [0.1, 0.15) is 0 Å². The van der Waals surface area contributed by atoms with E-state index in [9.17, 15) is 0 Å². The van der Waals surface area contributed by atoms with E-state index in [0.717, 1.165) is 11.1 Å². The highest BCUT2D eigenvalue weighted by Gasteiger charge is 2.05. The van der Waals surface area contributed by atoms with Crippen LogP contribution in [-0.4, -0.2) is 5.11 Å². The predicted molar refractivity (Wildman–Crippen MR) is 50.0 cm³/mol. The van der Waals surface area contributed by atoms with Crippen LogP contribution in [0.1, 0.15) is 24.1 Å². The molecule has 0 aliphatic heterocycles. The first kappa shape index (κ1) is 9.52. The molecule has 0 saturated heterocycles. The number of benzene rings is 1. The van der Waals surface area contributed by atoms with E-state index in [1.54, 1.807) is 18.2 Å². The summed E-state index contributed by atoms with van der Waals surface area (Å²) < 4.78 is 0. The molecule has 3 heteroatoms. The van der Waals surface area contributed by atoms with E-state index < -0.39 is 0 Å². The molecular weight excluding hydrogens is 174 g/mol. The maximum Gasteiger partial charge on any atom is 0.0685 e. The molecule has 1 atom stereocenters. The van der Waals surface area contributed by atoms with Gasteiger partial charge in [0.25, 0.3) is 0 Å². The Hall–Kier alpha value is -0.570. The van der Waals surface area contributed by atoms with Gasteiger partial charge >= 0.3 is 0 Å². The third-order valence-electron chi connectivity index (χ3n) is 1.77. The maximum atomic E-state index is 8.96. The molecule has 3 N–H and O–H groups in total. The van der Waals surface area contributed by atoms with E-state index in [2.05, 4.69) is 0 Å². The Morgan fingerprint density at radius 3 is 2.75 bits per heavy atom. The SMILES string of the molecule is C[C@@H](N)c1cc(Cl)ccc1CO. The summed E-state index contributed by atoms with van der Waals surface area (Å²) in [6.07, 6.45) is 0. The first-order valence-corrected chi connectivity index (χ1v) is 4.17. The molecule has 1 aromatic rings. The van der Waals surface area contributed by atoms with Crippen LogP contribution in [0, 0.1) is 0 Å². The molecule has 2 nitrogen and oxygen atoms in total. The molecule has 0 saturated carbocycles. The lowest BCUT2D eigenvalue weighted by Gasteiger charge is -2.10. The second-order valence-electron chi connectivity index (χ2n) is 2.79.